The Labute approximate surface area is 107 Å². The second kappa shape index (κ2) is 7.38. The van der Waals surface area contributed by atoms with Crippen LogP contribution in [0.15, 0.2) is 0 Å². The Morgan fingerprint density at radius 2 is 1.53 bits per heavy atom. The van der Waals surface area contributed by atoms with Crippen molar-refractivity contribution in [3.63, 3.8) is 0 Å². The van der Waals surface area contributed by atoms with Gasteiger partial charge in [0.1, 0.15) is 0 Å². The van der Waals surface area contributed by atoms with Crippen LogP contribution in [0.4, 0.5) is 0 Å². The van der Waals surface area contributed by atoms with E-state index < -0.39 is 0 Å². The monoisotopic (exact) mass is 239 g/mol. The lowest BCUT2D eigenvalue weighted by Crippen LogP contribution is -2.38. The molecule has 0 aliphatic heterocycles. The SMILES string of the molecule is CC(CNC1CCCCC1)OC1CCCCC1. The highest BCUT2D eigenvalue weighted by Crippen LogP contribution is 2.21. The van der Waals surface area contributed by atoms with Gasteiger partial charge in [0.05, 0.1) is 12.2 Å². The molecule has 1 atom stereocenters. The molecule has 0 radical (unpaired) electrons. The maximum Gasteiger partial charge on any atom is 0.0675 e. The zero-order valence-electron chi connectivity index (χ0n) is 11.4. The molecule has 1 N–H and O–H groups in total. The molecule has 2 aliphatic carbocycles. The molecule has 0 bridgehead atoms. The summed E-state index contributed by atoms with van der Waals surface area (Å²) in [7, 11) is 0. The van der Waals surface area contributed by atoms with E-state index in [2.05, 4.69) is 12.2 Å². The van der Waals surface area contributed by atoms with Gasteiger partial charge < -0.3 is 10.1 Å². The molecule has 17 heavy (non-hydrogen) atoms. The van der Waals surface area contributed by atoms with Crippen molar-refractivity contribution in [2.45, 2.75) is 89.4 Å². The second-order valence-electron chi connectivity index (χ2n) is 5.95. The Morgan fingerprint density at radius 3 is 2.18 bits per heavy atom. The molecule has 1 unspecified atom stereocenters. The van der Waals surface area contributed by atoms with E-state index in [1.54, 1.807) is 0 Å². The number of hydrogen-bond donors (Lipinski definition) is 1. The topological polar surface area (TPSA) is 21.3 Å². The van der Waals surface area contributed by atoms with Crippen LogP contribution in [-0.4, -0.2) is 24.8 Å². The molecule has 2 nitrogen and oxygen atoms in total. The fraction of sp³-hybridized carbons (Fsp3) is 1.00. The van der Waals surface area contributed by atoms with Gasteiger partial charge in [-0.05, 0) is 32.6 Å². The van der Waals surface area contributed by atoms with Gasteiger partial charge in [0.25, 0.3) is 0 Å². The van der Waals surface area contributed by atoms with E-state index in [1.165, 1.54) is 64.2 Å². The molecule has 100 valence electrons. The van der Waals surface area contributed by atoms with Crippen molar-refractivity contribution >= 4 is 0 Å². The van der Waals surface area contributed by atoms with Gasteiger partial charge in [0.2, 0.25) is 0 Å². The third-order valence-electron chi connectivity index (χ3n) is 4.28. The first kappa shape index (κ1) is 13.4. The third-order valence-corrected chi connectivity index (χ3v) is 4.28. The minimum atomic E-state index is 0.389. The Kier molecular flexibility index (Phi) is 5.79. The van der Waals surface area contributed by atoms with Gasteiger partial charge in [-0.25, -0.2) is 0 Å². The Balaban J connectivity index is 1.57. The first-order valence-corrected chi connectivity index (χ1v) is 7.73. The number of hydrogen-bond acceptors (Lipinski definition) is 2. The zero-order valence-corrected chi connectivity index (χ0v) is 11.4. The Morgan fingerprint density at radius 1 is 0.941 bits per heavy atom. The zero-order chi connectivity index (χ0) is 11.9. The molecular weight excluding hydrogens is 210 g/mol. The van der Waals surface area contributed by atoms with Crippen LogP contribution in [0.2, 0.25) is 0 Å². The van der Waals surface area contributed by atoms with Gasteiger partial charge >= 0.3 is 0 Å². The van der Waals surface area contributed by atoms with Crippen molar-refractivity contribution < 1.29 is 4.74 Å². The average Bonchev–Trinajstić information content (AvgIpc) is 2.39. The van der Waals surface area contributed by atoms with Gasteiger partial charge in [0.15, 0.2) is 0 Å². The van der Waals surface area contributed by atoms with Crippen LogP contribution in [0, 0.1) is 0 Å². The lowest BCUT2D eigenvalue weighted by atomic mass is 9.95. The summed E-state index contributed by atoms with van der Waals surface area (Å²) in [6.45, 7) is 3.27. The quantitative estimate of drug-likeness (QED) is 0.791. The lowest BCUT2D eigenvalue weighted by Gasteiger charge is -2.28. The van der Waals surface area contributed by atoms with Crippen molar-refractivity contribution in [3.05, 3.63) is 0 Å². The number of nitrogens with one attached hydrogen (secondary N) is 1. The van der Waals surface area contributed by atoms with E-state index >= 15 is 0 Å². The fourth-order valence-corrected chi connectivity index (χ4v) is 3.22. The summed E-state index contributed by atoms with van der Waals surface area (Å²) in [4.78, 5) is 0. The summed E-state index contributed by atoms with van der Waals surface area (Å²) < 4.78 is 6.12. The molecule has 0 aromatic heterocycles. The van der Waals surface area contributed by atoms with Crippen LogP contribution in [-0.2, 0) is 4.74 Å². The van der Waals surface area contributed by atoms with E-state index in [0.29, 0.717) is 12.2 Å². The average molecular weight is 239 g/mol. The molecule has 0 spiro atoms. The van der Waals surface area contributed by atoms with Crippen LogP contribution >= 0.6 is 0 Å². The van der Waals surface area contributed by atoms with Gasteiger partial charge in [-0.3, -0.25) is 0 Å². The standard InChI is InChI=1S/C15H29NO/c1-13(17-15-10-6-3-7-11-15)12-16-14-8-4-2-5-9-14/h13-16H,2-12H2,1H3. The van der Waals surface area contributed by atoms with E-state index in [1.807, 2.05) is 0 Å². The number of rotatable bonds is 5. The minimum absolute atomic E-state index is 0.389. The van der Waals surface area contributed by atoms with Crippen LogP contribution in [0.1, 0.15) is 71.1 Å². The molecular formula is C15H29NO. The fourth-order valence-electron chi connectivity index (χ4n) is 3.22. The van der Waals surface area contributed by atoms with Gasteiger partial charge in [-0.2, -0.15) is 0 Å². The molecule has 2 saturated carbocycles. The highest BCUT2D eigenvalue weighted by molar-refractivity contribution is 4.74. The predicted octanol–water partition coefficient (Wildman–Crippen LogP) is 3.65. The molecule has 2 heteroatoms. The first-order chi connectivity index (χ1) is 8.34. The summed E-state index contributed by atoms with van der Waals surface area (Å²) in [5, 5.41) is 3.69. The van der Waals surface area contributed by atoms with Gasteiger partial charge in [-0.1, -0.05) is 38.5 Å². The van der Waals surface area contributed by atoms with Crippen LogP contribution in [0.25, 0.3) is 0 Å². The van der Waals surface area contributed by atoms with Crippen LogP contribution in [0.5, 0.6) is 0 Å². The van der Waals surface area contributed by atoms with Gasteiger partial charge in [-0.15, -0.1) is 0 Å². The molecule has 0 amide bonds. The largest absolute Gasteiger partial charge is 0.374 e. The molecule has 2 aliphatic rings. The van der Waals surface area contributed by atoms with E-state index in [-0.39, 0.29) is 0 Å². The maximum absolute atomic E-state index is 6.12. The molecule has 2 fully saturated rings. The van der Waals surface area contributed by atoms with E-state index in [9.17, 15) is 0 Å². The normalized spacial score (nSPS) is 25.9. The summed E-state index contributed by atoms with van der Waals surface area (Å²) in [5.41, 5.74) is 0. The molecule has 2 rings (SSSR count). The summed E-state index contributed by atoms with van der Waals surface area (Å²) in [6.07, 6.45) is 14.7. The van der Waals surface area contributed by atoms with Crippen molar-refractivity contribution in [2.75, 3.05) is 6.54 Å². The summed E-state index contributed by atoms with van der Waals surface area (Å²) in [6, 6.07) is 0.765. The first-order valence-electron chi connectivity index (χ1n) is 7.73. The second-order valence-corrected chi connectivity index (χ2v) is 5.95. The molecule has 0 aromatic rings. The van der Waals surface area contributed by atoms with Crippen molar-refractivity contribution in [3.8, 4) is 0 Å². The van der Waals surface area contributed by atoms with E-state index in [4.69, 9.17) is 4.74 Å². The predicted molar refractivity (Wildman–Crippen MR) is 72.3 cm³/mol. The summed E-state index contributed by atoms with van der Waals surface area (Å²) in [5.74, 6) is 0. The van der Waals surface area contributed by atoms with Crippen LogP contribution < -0.4 is 5.32 Å². The van der Waals surface area contributed by atoms with Crippen molar-refractivity contribution in [1.82, 2.24) is 5.32 Å². The highest BCUT2D eigenvalue weighted by atomic mass is 16.5. The molecule has 0 heterocycles. The van der Waals surface area contributed by atoms with Gasteiger partial charge in [0, 0.05) is 12.6 Å². The lowest BCUT2D eigenvalue weighted by molar-refractivity contribution is -0.0212. The van der Waals surface area contributed by atoms with Crippen LogP contribution in [0.3, 0.4) is 0 Å². The number of ether oxygens (including phenoxy) is 1. The van der Waals surface area contributed by atoms with E-state index in [0.717, 1.165) is 12.6 Å². The Hall–Kier alpha value is -0.0800. The molecule has 0 aromatic carbocycles. The third kappa shape index (κ3) is 4.97. The van der Waals surface area contributed by atoms with Crippen molar-refractivity contribution in [2.24, 2.45) is 0 Å². The highest BCUT2D eigenvalue weighted by Gasteiger charge is 2.18. The molecule has 0 saturated heterocycles. The summed E-state index contributed by atoms with van der Waals surface area (Å²) >= 11 is 0. The Bertz CT molecular complexity index is 195. The van der Waals surface area contributed by atoms with Crippen molar-refractivity contribution in [1.29, 1.82) is 0 Å². The minimum Gasteiger partial charge on any atom is -0.374 e. The maximum atomic E-state index is 6.12. The smallest absolute Gasteiger partial charge is 0.0675 e.